The molecule has 1 N–H and O–H groups in total. The minimum atomic E-state index is -0.880. The summed E-state index contributed by atoms with van der Waals surface area (Å²) >= 11 is 0. The Balaban J connectivity index is 1.90. The molecule has 0 unspecified atom stereocenters. The Hall–Kier alpha value is -2.57. The minimum Gasteiger partial charge on any atom is -0.481 e. The Morgan fingerprint density at radius 3 is 1.96 bits per heavy atom. The molecular weight excluding hydrogens is 352 g/mol. The SMILES string of the molecule is O=C(O)CCCCCCCCCC(=O)OCOC(=O)OCc1ccccc1. The lowest BCUT2D eigenvalue weighted by Crippen LogP contribution is -2.13. The number of hydrogen-bond donors (Lipinski definition) is 1. The van der Waals surface area contributed by atoms with E-state index in [0.29, 0.717) is 6.42 Å². The summed E-state index contributed by atoms with van der Waals surface area (Å²) in [7, 11) is 0. The first-order chi connectivity index (χ1) is 13.1. The maximum atomic E-state index is 11.5. The van der Waals surface area contributed by atoms with Crippen LogP contribution in [0, 0.1) is 0 Å². The van der Waals surface area contributed by atoms with Crippen LogP contribution in [0.1, 0.15) is 63.4 Å². The molecule has 0 aliphatic heterocycles. The van der Waals surface area contributed by atoms with E-state index in [9.17, 15) is 14.4 Å². The highest BCUT2D eigenvalue weighted by Crippen LogP contribution is 2.10. The topological polar surface area (TPSA) is 99.1 Å². The monoisotopic (exact) mass is 380 g/mol. The highest BCUT2D eigenvalue weighted by molar-refractivity contribution is 5.69. The predicted octanol–water partition coefficient (Wildman–Crippen LogP) is 4.44. The summed E-state index contributed by atoms with van der Waals surface area (Å²) in [5.74, 6) is -1.16. The van der Waals surface area contributed by atoms with E-state index in [1.54, 1.807) is 0 Å². The number of carboxylic acids is 1. The first-order valence-corrected chi connectivity index (χ1v) is 9.29. The van der Waals surface area contributed by atoms with Crippen LogP contribution in [0.15, 0.2) is 30.3 Å². The molecule has 0 spiro atoms. The van der Waals surface area contributed by atoms with Gasteiger partial charge in [0.2, 0.25) is 6.79 Å². The molecule has 7 heteroatoms. The van der Waals surface area contributed by atoms with Crippen LogP contribution in [0.5, 0.6) is 0 Å². The maximum absolute atomic E-state index is 11.5. The number of hydrogen-bond acceptors (Lipinski definition) is 6. The molecule has 0 aliphatic rings. The van der Waals surface area contributed by atoms with E-state index in [-0.39, 0.29) is 19.4 Å². The second-order valence-electron chi connectivity index (χ2n) is 6.17. The van der Waals surface area contributed by atoms with E-state index in [0.717, 1.165) is 44.1 Å². The smallest absolute Gasteiger partial charge is 0.481 e. The van der Waals surface area contributed by atoms with E-state index in [1.165, 1.54) is 0 Å². The van der Waals surface area contributed by atoms with E-state index < -0.39 is 24.9 Å². The fourth-order valence-electron chi connectivity index (χ4n) is 2.40. The van der Waals surface area contributed by atoms with Gasteiger partial charge in [0.25, 0.3) is 0 Å². The van der Waals surface area contributed by atoms with Gasteiger partial charge < -0.3 is 19.3 Å². The van der Waals surface area contributed by atoms with Gasteiger partial charge in [0, 0.05) is 12.8 Å². The highest BCUT2D eigenvalue weighted by atomic mass is 16.8. The van der Waals surface area contributed by atoms with Crippen molar-refractivity contribution in [1.29, 1.82) is 0 Å². The van der Waals surface area contributed by atoms with Gasteiger partial charge in [-0.1, -0.05) is 62.4 Å². The second-order valence-corrected chi connectivity index (χ2v) is 6.17. The number of carbonyl (C=O) groups excluding carboxylic acids is 2. The molecule has 150 valence electrons. The van der Waals surface area contributed by atoms with Crippen LogP contribution in [0.3, 0.4) is 0 Å². The minimum absolute atomic E-state index is 0.101. The van der Waals surface area contributed by atoms with Crippen LogP contribution >= 0.6 is 0 Å². The van der Waals surface area contributed by atoms with Crippen LogP contribution in [-0.4, -0.2) is 30.0 Å². The van der Waals surface area contributed by atoms with Gasteiger partial charge in [0.05, 0.1) is 0 Å². The van der Waals surface area contributed by atoms with Gasteiger partial charge in [0.1, 0.15) is 6.61 Å². The number of carboxylic acid groups (broad SMARTS) is 1. The van der Waals surface area contributed by atoms with Crippen molar-refractivity contribution < 1.29 is 33.7 Å². The number of rotatable bonds is 14. The molecule has 0 saturated carbocycles. The number of aliphatic carboxylic acids is 1. The predicted molar refractivity (Wildman–Crippen MR) is 97.9 cm³/mol. The third-order valence-electron chi connectivity index (χ3n) is 3.87. The summed E-state index contributed by atoms with van der Waals surface area (Å²) in [4.78, 5) is 33.3. The normalized spacial score (nSPS) is 10.2. The highest BCUT2D eigenvalue weighted by Gasteiger charge is 2.07. The zero-order valence-corrected chi connectivity index (χ0v) is 15.6. The van der Waals surface area contributed by atoms with Gasteiger partial charge in [-0.25, -0.2) is 4.79 Å². The molecule has 0 radical (unpaired) electrons. The summed E-state index contributed by atoms with van der Waals surface area (Å²) in [6, 6.07) is 9.19. The molecule has 0 amide bonds. The molecule has 0 atom stereocenters. The summed E-state index contributed by atoms with van der Waals surface area (Å²) < 4.78 is 14.4. The Morgan fingerprint density at radius 2 is 1.33 bits per heavy atom. The van der Waals surface area contributed by atoms with Crippen molar-refractivity contribution >= 4 is 18.1 Å². The molecule has 0 saturated heterocycles. The Morgan fingerprint density at radius 1 is 0.741 bits per heavy atom. The molecule has 7 nitrogen and oxygen atoms in total. The van der Waals surface area contributed by atoms with E-state index in [1.807, 2.05) is 30.3 Å². The average molecular weight is 380 g/mol. The molecule has 0 aliphatic carbocycles. The third-order valence-corrected chi connectivity index (χ3v) is 3.87. The lowest BCUT2D eigenvalue weighted by Gasteiger charge is -2.07. The van der Waals surface area contributed by atoms with Crippen LogP contribution in [0.4, 0.5) is 4.79 Å². The molecule has 27 heavy (non-hydrogen) atoms. The molecule has 0 fully saturated rings. The summed E-state index contributed by atoms with van der Waals surface area (Å²) in [5.41, 5.74) is 0.841. The number of ether oxygens (including phenoxy) is 3. The van der Waals surface area contributed by atoms with Crippen molar-refractivity contribution in [3.63, 3.8) is 0 Å². The van der Waals surface area contributed by atoms with Gasteiger partial charge in [-0.05, 0) is 18.4 Å². The summed E-state index contributed by atoms with van der Waals surface area (Å²) in [5, 5.41) is 8.53. The quantitative estimate of drug-likeness (QED) is 0.289. The summed E-state index contributed by atoms with van der Waals surface area (Å²) in [6.45, 7) is -0.347. The average Bonchev–Trinajstić information content (AvgIpc) is 2.65. The zero-order valence-electron chi connectivity index (χ0n) is 15.6. The Kier molecular flexibility index (Phi) is 12.1. The van der Waals surface area contributed by atoms with Crippen LogP contribution in [-0.2, 0) is 30.4 Å². The molecule has 0 heterocycles. The van der Waals surface area contributed by atoms with E-state index in [2.05, 4.69) is 4.74 Å². The first-order valence-electron chi connectivity index (χ1n) is 9.29. The molecule has 1 rings (SSSR count). The van der Waals surface area contributed by atoms with Crippen molar-refractivity contribution in [2.45, 2.75) is 64.4 Å². The van der Waals surface area contributed by atoms with Crippen LogP contribution < -0.4 is 0 Å². The van der Waals surface area contributed by atoms with Crippen molar-refractivity contribution in [3.05, 3.63) is 35.9 Å². The number of esters is 1. The molecular formula is C20H28O7. The molecule has 0 aromatic heterocycles. The Bertz CT molecular complexity index is 557. The fraction of sp³-hybridized carbons (Fsp3) is 0.550. The zero-order chi connectivity index (χ0) is 19.7. The second kappa shape index (κ2) is 14.6. The molecule has 1 aromatic rings. The molecule has 0 bridgehead atoms. The van der Waals surface area contributed by atoms with Gasteiger partial charge in [-0.2, -0.15) is 0 Å². The van der Waals surface area contributed by atoms with Crippen molar-refractivity contribution in [2.75, 3.05) is 6.79 Å². The lowest BCUT2D eigenvalue weighted by atomic mass is 10.1. The van der Waals surface area contributed by atoms with Gasteiger partial charge in [-0.15, -0.1) is 0 Å². The van der Waals surface area contributed by atoms with Crippen molar-refractivity contribution in [2.24, 2.45) is 0 Å². The van der Waals surface area contributed by atoms with Gasteiger partial charge >= 0.3 is 18.1 Å². The number of carbonyl (C=O) groups is 3. The number of unbranched alkanes of at least 4 members (excludes halogenated alkanes) is 6. The number of benzene rings is 1. The first kappa shape index (κ1) is 22.5. The maximum Gasteiger partial charge on any atom is 0.511 e. The lowest BCUT2D eigenvalue weighted by molar-refractivity contribution is -0.153. The van der Waals surface area contributed by atoms with Crippen LogP contribution in [0.25, 0.3) is 0 Å². The van der Waals surface area contributed by atoms with Crippen molar-refractivity contribution in [1.82, 2.24) is 0 Å². The largest absolute Gasteiger partial charge is 0.511 e. The van der Waals surface area contributed by atoms with Gasteiger partial charge in [-0.3, -0.25) is 9.59 Å². The van der Waals surface area contributed by atoms with E-state index in [4.69, 9.17) is 14.6 Å². The van der Waals surface area contributed by atoms with Crippen molar-refractivity contribution in [3.8, 4) is 0 Å². The molecule has 1 aromatic carbocycles. The van der Waals surface area contributed by atoms with E-state index >= 15 is 0 Å². The van der Waals surface area contributed by atoms with Crippen LogP contribution in [0.2, 0.25) is 0 Å². The standard InChI is InChI=1S/C20H28O7/c21-18(22)13-9-4-2-1-3-5-10-14-19(23)26-16-27-20(24)25-15-17-11-7-6-8-12-17/h6-8,11-12H,1-5,9-10,13-16H2,(H,21,22). The Labute approximate surface area is 159 Å². The summed E-state index contributed by atoms with van der Waals surface area (Å²) in [6.07, 6.45) is 5.94. The third kappa shape index (κ3) is 13.3. The fourth-order valence-corrected chi connectivity index (χ4v) is 2.40. The van der Waals surface area contributed by atoms with Gasteiger partial charge in [0.15, 0.2) is 0 Å².